The largest absolute Gasteiger partial charge is 0.493 e. The van der Waals surface area contributed by atoms with Gasteiger partial charge in [0.25, 0.3) is 0 Å². The second-order valence-corrected chi connectivity index (χ2v) is 2.83. The lowest BCUT2D eigenvalue weighted by atomic mass is 10.1. The molecule has 0 N–H and O–H groups in total. The third-order valence-corrected chi connectivity index (χ3v) is 2.04. The van der Waals surface area contributed by atoms with Gasteiger partial charge in [0.2, 0.25) is 0 Å². The van der Waals surface area contributed by atoms with E-state index in [-0.39, 0.29) is 11.6 Å². The molecule has 0 aliphatic rings. The first kappa shape index (κ1) is 10.1. The lowest BCUT2D eigenvalue weighted by Gasteiger charge is -2.09. The maximum Gasteiger partial charge on any atom is 0.165 e. The fourth-order valence-corrected chi connectivity index (χ4v) is 1.21. The van der Waals surface area contributed by atoms with Gasteiger partial charge in [0.15, 0.2) is 11.6 Å². The topological polar surface area (TPSA) is 9.23 Å². The molecule has 0 atom stereocenters. The monoisotopic (exact) mass is 200 g/mol. The van der Waals surface area contributed by atoms with Crippen LogP contribution in [0.1, 0.15) is 5.56 Å². The fraction of sp³-hybridized carbons (Fsp3) is 0.200. The average Bonchev–Trinajstić information content (AvgIpc) is 2.16. The number of para-hydroxylation sites is 1. The highest BCUT2D eigenvalue weighted by Crippen LogP contribution is 2.28. The first-order valence-electron chi connectivity index (χ1n) is 3.77. The highest BCUT2D eigenvalue weighted by Gasteiger charge is 2.09. The van der Waals surface area contributed by atoms with Gasteiger partial charge in [0, 0.05) is 11.4 Å². The number of hydrogen-bond acceptors (Lipinski definition) is 1. The van der Waals surface area contributed by atoms with Crippen molar-refractivity contribution in [2.45, 2.75) is 0 Å². The van der Waals surface area contributed by atoms with E-state index >= 15 is 0 Å². The minimum atomic E-state index is -0.397. The van der Waals surface area contributed by atoms with Gasteiger partial charge < -0.3 is 4.74 Å². The summed E-state index contributed by atoms with van der Waals surface area (Å²) < 4.78 is 18.0. The standard InChI is InChI=1S/C10H10ClFO/c1-7(6-11)8-4-3-5-9(12)10(8)13-2/h3-5H,1,6H2,2H3. The highest BCUT2D eigenvalue weighted by molar-refractivity contribution is 6.23. The molecule has 3 heteroatoms. The van der Waals surface area contributed by atoms with Gasteiger partial charge in [0.1, 0.15) is 0 Å². The Morgan fingerprint density at radius 2 is 2.31 bits per heavy atom. The summed E-state index contributed by atoms with van der Waals surface area (Å²) in [6.45, 7) is 3.71. The Hall–Kier alpha value is -1.02. The molecule has 1 aromatic carbocycles. The Labute approximate surface area is 81.8 Å². The van der Waals surface area contributed by atoms with E-state index in [9.17, 15) is 4.39 Å². The van der Waals surface area contributed by atoms with Gasteiger partial charge >= 0.3 is 0 Å². The zero-order valence-electron chi connectivity index (χ0n) is 7.31. The van der Waals surface area contributed by atoms with Gasteiger partial charge in [-0.2, -0.15) is 0 Å². The maximum absolute atomic E-state index is 13.1. The van der Waals surface area contributed by atoms with Crippen molar-refractivity contribution >= 4 is 17.2 Å². The molecular weight excluding hydrogens is 191 g/mol. The minimum absolute atomic E-state index is 0.202. The van der Waals surface area contributed by atoms with Crippen LogP contribution in [0, 0.1) is 5.82 Å². The number of ether oxygens (including phenoxy) is 1. The second-order valence-electron chi connectivity index (χ2n) is 2.56. The van der Waals surface area contributed by atoms with E-state index in [1.165, 1.54) is 13.2 Å². The minimum Gasteiger partial charge on any atom is -0.493 e. The predicted octanol–water partition coefficient (Wildman–Crippen LogP) is 3.09. The van der Waals surface area contributed by atoms with Crippen molar-refractivity contribution in [1.82, 2.24) is 0 Å². The van der Waals surface area contributed by atoms with Crippen molar-refractivity contribution in [2.24, 2.45) is 0 Å². The molecule has 0 bridgehead atoms. The maximum atomic E-state index is 13.1. The molecule has 0 unspecified atom stereocenters. The molecule has 0 aliphatic heterocycles. The summed E-state index contributed by atoms with van der Waals surface area (Å²) >= 11 is 5.59. The van der Waals surface area contributed by atoms with E-state index in [2.05, 4.69) is 6.58 Å². The Bertz CT molecular complexity index is 323. The van der Waals surface area contributed by atoms with Crippen LogP contribution >= 0.6 is 11.6 Å². The highest BCUT2D eigenvalue weighted by atomic mass is 35.5. The molecule has 0 saturated carbocycles. The van der Waals surface area contributed by atoms with E-state index in [1.54, 1.807) is 12.1 Å². The summed E-state index contributed by atoms with van der Waals surface area (Å²) in [5, 5.41) is 0. The normalized spacial score (nSPS) is 9.77. The summed E-state index contributed by atoms with van der Waals surface area (Å²) in [6.07, 6.45) is 0. The Balaban J connectivity index is 3.20. The first-order chi connectivity index (χ1) is 6.20. The summed E-state index contributed by atoms with van der Waals surface area (Å²) in [6, 6.07) is 4.67. The number of allylic oxidation sites excluding steroid dienone is 1. The number of halogens is 2. The van der Waals surface area contributed by atoms with Crippen LogP contribution in [-0.4, -0.2) is 13.0 Å². The molecule has 0 heterocycles. The van der Waals surface area contributed by atoms with Crippen molar-refractivity contribution in [3.05, 3.63) is 36.2 Å². The number of hydrogen-bond donors (Lipinski definition) is 0. The SMILES string of the molecule is C=C(CCl)c1cccc(F)c1OC. The van der Waals surface area contributed by atoms with Gasteiger partial charge in [-0.3, -0.25) is 0 Å². The molecule has 1 rings (SSSR count). The number of alkyl halides is 1. The van der Waals surface area contributed by atoms with Crippen LogP contribution in [0.25, 0.3) is 5.57 Å². The molecule has 0 fully saturated rings. The van der Waals surface area contributed by atoms with Gasteiger partial charge in [-0.25, -0.2) is 4.39 Å². The van der Waals surface area contributed by atoms with Crippen LogP contribution in [0.4, 0.5) is 4.39 Å². The van der Waals surface area contributed by atoms with E-state index in [1.807, 2.05) is 0 Å². The van der Waals surface area contributed by atoms with Crippen molar-refractivity contribution < 1.29 is 9.13 Å². The lowest BCUT2D eigenvalue weighted by Crippen LogP contribution is -1.94. The molecule has 13 heavy (non-hydrogen) atoms. The summed E-state index contributed by atoms with van der Waals surface area (Å²) in [4.78, 5) is 0. The second kappa shape index (κ2) is 4.28. The zero-order chi connectivity index (χ0) is 9.84. The van der Waals surface area contributed by atoms with Crippen LogP contribution in [0.3, 0.4) is 0 Å². The number of rotatable bonds is 3. The molecule has 0 aliphatic carbocycles. The van der Waals surface area contributed by atoms with Gasteiger partial charge in [-0.05, 0) is 11.6 Å². The molecule has 0 spiro atoms. The zero-order valence-corrected chi connectivity index (χ0v) is 8.07. The van der Waals surface area contributed by atoms with Crippen molar-refractivity contribution in [3.63, 3.8) is 0 Å². The van der Waals surface area contributed by atoms with Crippen molar-refractivity contribution in [3.8, 4) is 5.75 Å². The molecule has 70 valence electrons. The fourth-order valence-electron chi connectivity index (χ4n) is 1.07. The van der Waals surface area contributed by atoms with Crippen molar-refractivity contribution in [1.29, 1.82) is 0 Å². The molecule has 1 aromatic rings. The summed E-state index contributed by atoms with van der Waals surface area (Å²) in [5.74, 6) is 0.0687. The van der Waals surface area contributed by atoms with Crippen LogP contribution in [-0.2, 0) is 0 Å². The predicted molar refractivity (Wildman–Crippen MR) is 52.7 cm³/mol. The van der Waals surface area contributed by atoms with Crippen LogP contribution < -0.4 is 4.74 Å². The lowest BCUT2D eigenvalue weighted by molar-refractivity contribution is 0.385. The first-order valence-corrected chi connectivity index (χ1v) is 4.30. The van der Waals surface area contributed by atoms with E-state index in [4.69, 9.17) is 16.3 Å². The van der Waals surface area contributed by atoms with Crippen molar-refractivity contribution in [2.75, 3.05) is 13.0 Å². The Morgan fingerprint density at radius 1 is 1.62 bits per heavy atom. The third kappa shape index (κ3) is 2.01. The quantitative estimate of drug-likeness (QED) is 0.682. The Morgan fingerprint density at radius 3 is 2.85 bits per heavy atom. The van der Waals surface area contributed by atoms with E-state index in [0.717, 1.165) is 0 Å². The third-order valence-electron chi connectivity index (χ3n) is 1.71. The molecular formula is C10H10ClFO. The van der Waals surface area contributed by atoms with Crippen LogP contribution in [0.2, 0.25) is 0 Å². The number of benzene rings is 1. The van der Waals surface area contributed by atoms with Gasteiger partial charge in [0.05, 0.1) is 7.11 Å². The van der Waals surface area contributed by atoms with E-state index < -0.39 is 5.82 Å². The van der Waals surface area contributed by atoms with Gasteiger partial charge in [-0.15, -0.1) is 11.6 Å². The molecule has 0 aromatic heterocycles. The van der Waals surface area contributed by atoms with Crippen LogP contribution in [0.15, 0.2) is 24.8 Å². The number of methoxy groups -OCH3 is 1. The molecule has 0 amide bonds. The van der Waals surface area contributed by atoms with Crippen LogP contribution in [0.5, 0.6) is 5.75 Å². The Kier molecular flexibility index (Phi) is 3.32. The summed E-state index contributed by atoms with van der Waals surface area (Å²) in [5.41, 5.74) is 1.27. The average molecular weight is 201 g/mol. The van der Waals surface area contributed by atoms with E-state index in [0.29, 0.717) is 11.1 Å². The molecule has 1 nitrogen and oxygen atoms in total. The summed E-state index contributed by atoms with van der Waals surface area (Å²) in [7, 11) is 1.42. The molecule has 0 saturated heterocycles. The molecule has 0 radical (unpaired) electrons. The smallest absolute Gasteiger partial charge is 0.165 e. The van der Waals surface area contributed by atoms with Gasteiger partial charge in [-0.1, -0.05) is 18.7 Å².